The average molecular weight is 385 g/mol. The van der Waals surface area contributed by atoms with Crippen LogP contribution in [-0.4, -0.2) is 40.3 Å². The van der Waals surface area contributed by atoms with Crippen LogP contribution in [0.15, 0.2) is 59.4 Å². The van der Waals surface area contributed by atoms with E-state index in [0.29, 0.717) is 17.3 Å². The van der Waals surface area contributed by atoms with Gasteiger partial charge in [0.15, 0.2) is 0 Å². The van der Waals surface area contributed by atoms with E-state index in [4.69, 9.17) is 4.42 Å². The van der Waals surface area contributed by atoms with Crippen LogP contribution in [0.3, 0.4) is 0 Å². The van der Waals surface area contributed by atoms with Gasteiger partial charge in [-0.3, -0.25) is 9.59 Å². The van der Waals surface area contributed by atoms with Gasteiger partial charge in [0.25, 0.3) is 0 Å². The minimum absolute atomic E-state index is 0.150. The van der Waals surface area contributed by atoms with Gasteiger partial charge in [0.05, 0.1) is 36.8 Å². The lowest BCUT2D eigenvalue weighted by Gasteiger charge is -2.08. The Morgan fingerprint density at radius 3 is 2.78 bits per heavy atom. The highest BCUT2D eigenvalue weighted by atomic mass is 32.2. The Kier molecular flexibility index (Phi) is 6.32. The number of esters is 1. The summed E-state index contributed by atoms with van der Waals surface area (Å²) in [7, 11) is 1.35. The zero-order valence-corrected chi connectivity index (χ0v) is 15.6. The van der Waals surface area contributed by atoms with Crippen molar-refractivity contribution in [2.45, 2.75) is 6.42 Å². The summed E-state index contributed by atoms with van der Waals surface area (Å²) in [6.45, 7) is 0. The Hall–Kier alpha value is -3.00. The second-order valence-corrected chi connectivity index (χ2v) is 6.71. The highest BCUT2D eigenvalue weighted by Crippen LogP contribution is 2.25. The number of aromatic nitrogens is 2. The van der Waals surface area contributed by atoms with E-state index in [9.17, 15) is 9.59 Å². The van der Waals surface area contributed by atoms with E-state index in [2.05, 4.69) is 15.2 Å². The van der Waals surface area contributed by atoms with E-state index in [0.717, 1.165) is 11.3 Å². The normalized spacial score (nSPS) is 10.6. The summed E-state index contributed by atoms with van der Waals surface area (Å²) in [6, 6.07) is 13.2. The maximum Gasteiger partial charge on any atom is 0.315 e. The van der Waals surface area contributed by atoms with Crippen LogP contribution in [0.25, 0.3) is 16.9 Å². The van der Waals surface area contributed by atoms with Gasteiger partial charge in [0.2, 0.25) is 5.91 Å². The number of nitrogens with zero attached hydrogens (tertiary/aromatic N) is 2. The predicted octanol–water partition coefficient (Wildman–Crippen LogP) is 3.37. The molecule has 0 radical (unpaired) electrons. The van der Waals surface area contributed by atoms with Crippen molar-refractivity contribution in [3.05, 3.63) is 55.0 Å². The molecule has 3 rings (SSSR count). The molecule has 3 aromatic rings. The molecule has 0 unspecified atom stereocenters. The van der Waals surface area contributed by atoms with E-state index < -0.39 is 0 Å². The van der Waals surface area contributed by atoms with Crippen molar-refractivity contribution in [3.63, 3.8) is 0 Å². The van der Waals surface area contributed by atoms with Crippen LogP contribution in [0.1, 0.15) is 6.42 Å². The number of hydrogen-bond acceptors (Lipinski definition) is 6. The number of rotatable bonds is 8. The maximum absolute atomic E-state index is 12.3. The number of furan rings is 1. The molecule has 7 nitrogen and oxygen atoms in total. The molecule has 1 aromatic carbocycles. The molecule has 2 aromatic heterocycles. The van der Waals surface area contributed by atoms with Gasteiger partial charge in [-0.15, -0.1) is 11.8 Å². The van der Waals surface area contributed by atoms with E-state index in [1.807, 2.05) is 36.4 Å². The molecule has 0 bridgehead atoms. The molecule has 8 heteroatoms. The molecule has 2 heterocycles. The van der Waals surface area contributed by atoms with Crippen molar-refractivity contribution in [2.75, 3.05) is 23.9 Å². The lowest BCUT2D eigenvalue weighted by molar-refractivity contribution is -0.137. The third kappa shape index (κ3) is 5.01. The van der Waals surface area contributed by atoms with Crippen LogP contribution in [-0.2, 0) is 14.3 Å². The number of carbonyl (C=O) groups excluding carboxylic acids is 2. The number of anilines is 1. The molecule has 0 atom stereocenters. The Morgan fingerprint density at radius 2 is 2.07 bits per heavy atom. The Morgan fingerprint density at radius 1 is 1.26 bits per heavy atom. The standard InChI is InChI=1S/C19H19N3O4S/c1-25-19(24)13-27-10-8-18(23)20-17-11-16(14-7-9-26-12-14)21-22(17)15-5-3-2-4-6-15/h2-7,9,11-12H,8,10,13H2,1H3,(H,20,23). The Bertz CT molecular complexity index is 891. The Balaban J connectivity index is 1.72. The van der Waals surface area contributed by atoms with Crippen molar-refractivity contribution < 1.29 is 18.7 Å². The van der Waals surface area contributed by atoms with Crippen molar-refractivity contribution in [3.8, 4) is 16.9 Å². The number of para-hydroxylation sites is 1. The van der Waals surface area contributed by atoms with Crippen LogP contribution >= 0.6 is 11.8 Å². The van der Waals surface area contributed by atoms with Gasteiger partial charge in [-0.1, -0.05) is 18.2 Å². The fourth-order valence-corrected chi connectivity index (χ4v) is 3.13. The summed E-state index contributed by atoms with van der Waals surface area (Å²) in [5.41, 5.74) is 2.36. The zero-order valence-electron chi connectivity index (χ0n) is 14.8. The molecule has 1 amide bonds. The van der Waals surface area contributed by atoms with Gasteiger partial charge in [0.1, 0.15) is 5.82 Å². The molecule has 0 fully saturated rings. The molecular formula is C19H19N3O4S. The number of amides is 1. The summed E-state index contributed by atoms with van der Waals surface area (Å²) in [4.78, 5) is 23.4. The highest BCUT2D eigenvalue weighted by molar-refractivity contribution is 7.99. The fourth-order valence-electron chi connectivity index (χ4n) is 2.37. The van der Waals surface area contributed by atoms with Crippen molar-refractivity contribution >= 4 is 29.5 Å². The van der Waals surface area contributed by atoms with Crippen molar-refractivity contribution in [1.29, 1.82) is 0 Å². The quantitative estimate of drug-likeness (QED) is 0.473. The van der Waals surface area contributed by atoms with Crippen LogP contribution in [0.5, 0.6) is 0 Å². The SMILES string of the molecule is COC(=O)CSCCC(=O)Nc1cc(-c2ccoc2)nn1-c1ccccc1. The van der Waals surface area contributed by atoms with Gasteiger partial charge < -0.3 is 14.5 Å². The Labute approximate surface area is 160 Å². The number of hydrogen-bond donors (Lipinski definition) is 1. The summed E-state index contributed by atoms with van der Waals surface area (Å²) in [5, 5.41) is 7.48. The van der Waals surface area contributed by atoms with Crippen LogP contribution in [0.2, 0.25) is 0 Å². The van der Waals surface area contributed by atoms with E-state index >= 15 is 0 Å². The number of nitrogens with one attached hydrogen (secondary N) is 1. The van der Waals surface area contributed by atoms with Gasteiger partial charge in [-0.05, 0) is 18.2 Å². The number of ether oxygens (including phenoxy) is 1. The summed E-state index contributed by atoms with van der Waals surface area (Å²) < 4.78 is 11.4. The lowest BCUT2D eigenvalue weighted by Crippen LogP contribution is -2.16. The highest BCUT2D eigenvalue weighted by Gasteiger charge is 2.14. The molecule has 0 spiro atoms. The number of methoxy groups -OCH3 is 1. The third-order valence-corrected chi connectivity index (χ3v) is 4.65. The summed E-state index contributed by atoms with van der Waals surface area (Å²) in [5.74, 6) is 0.876. The molecule has 0 saturated carbocycles. The summed E-state index contributed by atoms with van der Waals surface area (Å²) in [6.07, 6.45) is 3.46. The average Bonchev–Trinajstić information content (AvgIpc) is 3.35. The van der Waals surface area contributed by atoms with Gasteiger partial charge in [-0.2, -0.15) is 5.10 Å². The predicted molar refractivity (Wildman–Crippen MR) is 104 cm³/mol. The van der Waals surface area contributed by atoms with Crippen molar-refractivity contribution in [1.82, 2.24) is 9.78 Å². The minimum atomic E-state index is -0.299. The molecular weight excluding hydrogens is 366 g/mol. The van der Waals surface area contributed by atoms with Crippen LogP contribution in [0, 0.1) is 0 Å². The third-order valence-electron chi connectivity index (χ3n) is 3.72. The monoisotopic (exact) mass is 385 g/mol. The van der Waals surface area contributed by atoms with Crippen molar-refractivity contribution in [2.24, 2.45) is 0 Å². The van der Waals surface area contributed by atoms with E-state index in [1.165, 1.54) is 18.9 Å². The molecule has 1 N–H and O–H groups in total. The first-order valence-corrected chi connectivity index (χ1v) is 9.45. The summed E-state index contributed by atoms with van der Waals surface area (Å²) >= 11 is 1.36. The van der Waals surface area contributed by atoms with E-state index in [-0.39, 0.29) is 24.1 Å². The largest absolute Gasteiger partial charge is 0.472 e. The van der Waals surface area contributed by atoms with Crippen LogP contribution < -0.4 is 5.32 Å². The second-order valence-electron chi connectivity index (χ2n) is 5.60. The first-order valence-electron chi connectivity index (χ1n) is 8.30. The second kappa shape index (κ2) is 9.09. The molecule has 0 aliphatic carbocycles. The fraction of sp³-hybridized carbons (Fsp3) is 0.211. The van der Waals surface area contributed by atoms with E-state index in [1.54, 1.807) is 23.3 Å². The van der Waals surface area contributed by atoms with Crippen LogP contribution in [0.4, 0.5) is 5.82 Å². The molecule has 0 aliphatic rings. The topological polar surface area (TPSA) is 86.4 Å². The molecule has 0 saturated heterocycles. The molecule has 140 valence electrons. The first-order chi connectivity index (χ1) is 13.2. The number of carbonyl (C=O) groups is 2. The first kappa shape index (κ1) is 18.8. The minimum Gasteiger partial charge on any atom is -0.472 e. The lowest BCUT2D eigenvalue weighted by atomic mass is 10.2. The maximum atomic E-state index is 12.3. The van der Waals surface area contributed by atoms with Gasteiger partial charge in [-0.25, -0.2) is 4.68 Å². The zero-order chi connectivity index (χ0) is 19.1. The van der Waals surface area contributed by atoms with Gasteiger partial charge >= 0.3 is 5.97 Å². The van der Waals surface area contributed by atoms with Gasteiger partial charge in [0, 0.05) is 23.8 Å². The number of thioether (sulfide) groups is 1. The number of benzene rings is 1. The molecule has 27 heavy (non-hydrogen) atoms. The molecule has 0 aliphatic heterocycles. The smallest absolute Gasteiger partial charge is 0.315 e.